The van der Waals surface area contributed by atoms with Gasteiger partial charge in [-0.05, 0) is 42.2 Å². The Balaban J connectivity index is 2.30. The van der Waals surface area contributed by atoms with E-state index in [4.69, 9.17) is 4.74 Å². The molecule has 0 unspecified atom stereocenters. The summed E-state index contributed by atoms with van der Waals surface area (Å²) in [5.74, 6) is 0.000321. The summed E-state index contributed by atoms with van der Waals surface area (Å²) in [6.45, 7) is 4.43. The van der Waals surface area contributed by atoms with Gasteiger partial charge in [0, 0.05) is 0 Å². The number of rotatable bonds is 4. The van der Waals surface area contributed by atoms with Crippen LogP contribution >= 0.6 is 0 Å². The van der Waals surface area contributed by atoms with Gasteiger partial charge in [-0.2, -0.15) is 0 Å². The van der Waals surface area contributed by atoms with Crippen LogP contribution in [-0.2, 0) is 6.42 Å². The van der Waals surface area contributed by atoms with Crippen molar-refractivity contribution in [3.63, 3.8) is 0 Å². The topological polar surface area (TPSA) is 9.23 Å². The quantitative estimate of drug-likeness (QED) is 0.771. The zero-order valence-corrected chi connectivity index (χ0v) is 10.7. The van der Waals surface area contributed by atoms with Crippen LogP contribution in [-0.4, -0.2) is 6.61 Å². The maximum absolute atomic E-state index is 13.7. The van der Waals surface area contributed by atoms with Crippen molar-refractivity contribution >= 4 is 0 Å². The molecule has 0 N–H and O–H groups in total. The summed E-state index contributed by atoms with van der Waals surface area (Å²) in [7, 11) is 0. The molecule has 2 aromatic carbocycles. The van der Waals surface area contributed by atoms with Crippen LogP contribution in [0.2, 0.25) is 0 Å². The molecule has 2 aromatic rings. The number of benzene rings is 2. The first-order valence-electron chi connectivity index (χ1n) is 6.26. The van der Waals surface area contributed by atoms with E-state index >= 15 is 0 Å². The number of ether oxygens (including phenoxy) is 1. The first-order valence-corrected chi connectivity index (χ1v) is 6.26. The van der Waals surface area contributed by atoms with Gasteiger partial charge in [0.2, 0.25) is 0 Å². The van der Waals surface area contributed by atoms with Crippen LogP contribution < -0.4 is 4.74 Å². The summed E-state index contributed by atoms with van der Waals surface area (Å²) in [6, 6.07) is 13.3. The first kappa shape index (κ1) is 12.6. The molecule has 2 rings (SSSR count). The average molecular weight is 244 g/mol. The third kappa shape index (κ3) is 2.70. The minimum Gasteiger partial charge on any atom is -0.491 e. The van der Waals surface area contributed by atoms with Crippen LogP contribution in [0, 0.1) is 5.82 Å². The van der Waals surface area contributed by atoms with E-state index in [9.17, 15) is 4.39 Å². The van der Waals surface area contributed by atoms with E-state index in [1.54, 1.807) is 6.07 Å². The Morgan fingerprint density at radius 3 is 2.17 bits per heavy atom. The van der Waals surface area contributed by atoms with Gasteiger partial charge in [-0.3, -0.25) is 0 Å². The van der Waals surface area contributed by atoms with E-state index in [0.29, 0.717) is 12.4 Å². The lowest BCUT2D eigenvalue weighted by Gasteiger charge is -2.07. The van der Waals surface area contributed by atoms with Crippen LogP contribution in [0.4, 0.5) is 4.39 Å². The largest absolute Gasteiger partial charge is 0.491 e. The zero-order chi connectivity index (χ0) is 13.0. The van der Waals surface area contributed by atoms with Crippen molar-refractivity contribution in [3.8, 4) is 16.9 Å². The molecule has 0 heterocycles. The van der Waals surface area contributed by atoms with Crippen molar-refractivity contribution in [2.24, 2.45) is 0 Å². The van der Waals surface area contributed by atoms with Crippen molar-refractivity contribution in [3.05, 3.63) is 53.8 Å². The second kappa shape index (κ2) is 5.67. The lowest BCUT2D eigenvalue weighted by Crippen LogP contribution is -1.94. The molecule has 0 aliphatic carbocycles. The minimum atomic E-state index is -0.311. The fourth-order valence-electron chi connectivity index (χ4n) is 1.89. The zero-order valence-electron chi connectivity index (χ0n) is 10.7. The summed E-state index contributed by atoms with van der Waals surface area (Å²) in [5, 5.41) is 0. The Bertz CT molecular complexity index is 517. The highest BCUT2D eigenvalue weighted by atomic mass is 19.1. The number of hydrogen-bond donors (Lipinski definition) is 0. The van der Waals surface area contributed by atoms with Gasteiger partial charge in [-0.25, -0.2) is 4.39 Å². The van der Waals surface area contributed by atoms with E-state index in [-0.39, 0.29) is 5.82 Å². The molecule has 0 saturated heterocycles. The fraction of sp³-hybridized carbons (Fsp3) is 0.250. The maximum atomic E-state index is 13.7. The molecule has 0 aromatic heterocycles. The van der Waals surface area contributed by atoms with Crippen molar-refractivity contribution in [1.82, 2.24) is 0 Å². The van der Waals surface area contributed by atoms with E-state index in [0.717, 1.165) is 17.5 Å². The van der Waals surface area contributed by atoms with Gasteiger partial charge in [0.25, 0.3) is 0 Å². The SMILES string of the molecule is CCOc1ccc(-c2ccc(CC)cc2)cc1F. The van der Waals surface area contributed by atoms with E-state index < -0.39 is 0 Å². The van der Waals surface area contributed by atoms with Gasteiger partial charge in [0.15, 0.2) is 11.6 Å². The third-order valence-corrected chi connectivity index (χ3v) is 2.93. The first-order chi connectivity index (χ1) is 8.74. The van der Waals surface area contributed by atoms with Gasteiger partial charge >= 0.3 is 0 Å². The molecular weight excluding hydrogens is 227 g/mol. The summed E-state index contributed by atoms with van der Waals surface area (Å²) >= 11 is 0. The second-order valence-electron chi connectivity index (χ2n) is 4.13. The molecular formula is C16H17FO. The van der Waals surface area contributed by atoms with Crippen molar-refractivity contribution in [2.45, 2.75) is 20.3 Å². The predicted octanol–water partition coefficient (Wildman–Crippen LogP) is 4.45. The van der Waals surface area contributed by atoms with Crippen LogP contribution in [0.5, 0.6) is 5.75 Å². The van der Waals surface area contributed by atoms with Gasteiger partial charge in [0.1, 0.15) is 0 Å². The van der Waals surface area contributed by atoms with E-state index in [2.05, 4.69) is 19.1 Å². The van der Waals surface area contributed by atoms with Gasteiger partial charge in [-0.1, -0.05) is 37.3 Å². The fourth-order valence-corrected chi connectivity index (χ4v) is 1.89. The third-order valence-electron chi connectivity index (χ3n) is 2.93. The van der Waals surface area contributed by atoms with Gasteiger partial charge in [-0.15, -0.1) is 0 Å². The number of aryl methyl sites for hydroxylation is 1. The molecule has 0 fully saturated rings. The standard InChI is InChI=1S/C16H17FO/c1-3-12-5-7-13(8-6-12)14-9-10-16(18-4-2)15(17)11-14/h5-11H,3-4H2,1-2H3. The van der Waals surface area contributed by atoms with Crippen LogP contribution in [0.25, 0.3) is 11.1 Å². The summed E-state index contributed by atoms with van der Waals surface area (Å²) in [5.41, 5.74) is 3.18. The molecule has 0 amide bonds. The van der Waals surface area contributed by atoms with Crippen LogP contribution in [0.3, 0.4) is 0 Å². The molecule has 0 aliphatic heterocycles. The highest BCUT2D eigenvalue weighted by molar-refractivity contribution is 5.64. The van der Waals surface area contributed by atoms with Crippen molar-refractivity contribution in [2.75, 3.05) is 6.61 Å². The van der Waals surface area contributed by atoms with E-state index in [1.807, 2.05) is 25.1 Å². The Labute approximate surface area is 107 Å². The molecule has 0 bridgehead atoms. The van der Waals surface area contributed by atoms with Gasteiger partial charge in [0.05, 0.1) is 6.61 Å². The monoisotopic (exact) mass is 244 g/mol. The number of halogens is 1. The molecule has 18 heavy (non-hydrogen) atoms. The molecule has 2 heteroatoms. The smallest absolute Gasteiger partial charge is 0.165 e. The molecule has 1 nitrogen and oxygen atoms in total. The molecule has 94 valence electrons. The summed E-state index contributed by atoms with van der Waals surface area (Å²) < 4.78 is 18.9. The highest BCUT2D eigenvalue weighted by Crippen LogP contribution is 2.26. The number of hydrogen-bond acceptors (Lipinski definition) is 1. The predicted molar refractivity (Wildman–Crippen MR) is 72.4 cm³/mol. The van der Waals surface area contributed by atoms with Crippen molar-refractivity contribution < 1.29 is 9.13 Å². The molecule has 0 spiro atoms. The lowest BCUT2D eigenvalue weighted by atomic mass is 10.0. The molecule has 0 atom stereocenters. The van der Waals surface area contributed by atoms with Crippen LogP contribution in [0.1, 0.15) is 19.4 Å². The Morgan fingerprint density at radius 2 is 1.61 bits per heavy atom. The molecule has 0 aliphatic rings. The molecule has 0 saturated carbocycles. The maximum Gasteiger partial charge on any atom is 0.165 e. The summed E-state index contributed by atoms with van der Waals surface area (Å²) in [4.78, 5) is 0. The second-order valence-corrected chi connectivity index (χ2v) is 4.13. The molecule has 0 radical (unpaired) electrons. The Kier molecular flexibility index (Phi) is 3.98. The highest BCUT2D eigenvalue weighted by Gasteiger charge is 2.05. The lowest BCUT2D eigenvalue weighted by molar-refractivity contribution is 0.321. The Morgan fingerprint density at radius 1 is 0.944 bits per heavy atom. The van der Waals surface area contributed by atoms with E-state index in [1.165, 1.54) is 11.6 Å². The van der Waals surface area contributed by atoms with Crippen molar-refractivity contribution in [1.29, 1.82) is 0 Å². The Hall–Kier alpha value is -1.83. The summed E-state index contributed by atoms with van der Waals surface area (Å²) in [6.07, 6.45) is 1.01. The average Bonchev–Trinajstić information content (AvgIpc) is 2.41. The van der Waals surface area contributed by atoms with Gasteiger partial charge < -0.3 is 4.74 Å². The minimum absolute atomic E-state index is 0.311. The normalized spacial score (nSPS) is 10.4. The van der Waals surface area contributed by atoms with Crippen LogP contribution in [0.15, 0.2) is 42.5 Å².